The van der Waals surface area contributed by atoms with Crippen LogP contribution in [0.3, 0.4) is 0 Å². The minimum absolute atomic E-state index is 0.103. The predicted molar refractivity (Wildman–Crippen MR) is 56.2 cm³/mol. The molecular weight excluding hydrogens is 251 g/mol. The number of hydrogen-bond donors (Lipinski definition) is 1. The zero-order chi connectivity index (χ0) is 13.9. The van der Waals surface area contributed by atoms with Crippen molar-refractivity contribution in [3.8, 4) is 0 Å². The van der Waals surface area contributed by atoms with Crippen LogP contribution in [0.1, 0.15) is 36.5 Å². The van der Waals surface area contributed by atoms with E-state index in [4.69, 9.17) is 5.11 Å². The summed E-state index contributed by atoms with van der Waals surface area (Å²) in [7, 11) is 0. The van der Waals surface area contributed by atoms with Gasteiger partial charge < -0.3 is 5.11 Å². The van der Waals surface area contributed by atoms with Gasteiger partial charge in [-0.15, -0.1) is 5.10 Å². The van der Waals surface area contributed by atoms with Gasteiger partial charge in [-0.3, -0.25) is 0 Å². The van der Waals surface area contributed by atoms with Gasteiger partial charge in [-0.2, -0.15) is 13.2 Å². The Labute approximate surface area is 102 Å². The lowest BCUT2D eigenvalue weighted by molar-refractivity contribution is -0.137. The Morgan fingerprint density at radius 3 is 2.50 bits per heavy atom. The van der Waals surface area contributed by atoms with E-state index in [9.17, 15) is 18.0 Å². The quantitative estimate of drug-likeness (QED) is 0.885. The maximum absolute atomic E-state index is 12.1. The van der Waals surface area contributed by atoms with Gasteiger partial charge in [0.2, 0.25) is 0 Å². The molecule has 0 bridgehead atoms. The normalized spacial score (nSPS) is 12.1. The van der Waals surface area contributed by atoms with Gasteiger partial charge >= 0.3 is 12.1 Å². The molecule has 0 aliphatic heterocycles. The number of carboxylic acids is 1. The zero-order valence-corrected chi connectivity index (χ0v) is 10.0. The van der Waals surface area contributed by atoms with Crippen LogP contribution < -0.4 is 0 Å². The molecule has 1 N–H and O–H groups in total. The van der Waals surface area contributed by atoms with Crippen molar-refractivity contribution in [1.29, 1.82) is 0 Å². The SMILES string of the molecule is CC(C)Cc1c(C(=O)O)nnn1CCC(F)(F)F. The van der Waals surface area contributed by atoms with E-state index < -0.39 is 25.1 Å². The summed E-state index contributed by atoms with van der Waals surface area (Å²) >= 11 is 0. The van der Waals surface area contributed by atoms with E-state index in [2.05, 4.69) is 10.3 Å². The Bertz CT molecular complexity index is 426. The van der Waals surface area contributed by atoms with Crippen LogP contribution >= 0.6 is 0 Å². The molecule has 0 fully saturated rings. The molecule has 1 aromatic heterocycles. The molecule has 18 heavy (non-hydrogen) atoms. The second kappa shape index (κ2) is 5.36. The first-order chi connectivity index (χ1) is 8.20. The minimum atomic E-state index is -4.30. The van der Waals surface area contributed by atoms with Gasteiger partial charge in [0, 0.05) is 0 Å². The average molecular weight is 265 g/mol. The standard InChI is InChI=1S/C10H14F3N3O2/c1-6(2)5-7-8(9(17)18)14-15-16(7)4-3-10(11,12)13/h6H,3-5H2,1-2H3,(H,17,18). The molecular formula is C10H14F3N3O2. The van der Waals surface area contributed by atoms with Crippen LogP contribution in [0.15, 0.2) is 0 Å². The van der Waals surface area contributed by atoms with Gasteiger partial charge in [0.25, 0.3) is 0 Å². The fourth-order valence-corrected chi connectivity index (χ4v) is 1.50. The molecule has 0 aliphatic carbocycles. The summed E-state index contributed by atoms with van der Waals surface area (Å²) in [6.45, 7) is 3.27. The van der Waals surface area contributed by atoms with Crippen molar-refractivity contribution >= 4 is 5.97 Å². The molecule has 0 amide bonds. The van der Waals surface area contributed by atoms with Crippen molar-refractivity contribution in [2.45, 2.75) is 39.4 Å². The summed E-state index contributed by atoms with van der Waals surface area (Å²) < 4.78 is 37.4. The summed E-state index contributed by atoms with van der Waals surface area (Å²) in [5.41, 5.74) is -0.0346. The van der Waals surface area contributed by atoms with Crippen LogP contribution in [-0.4, -0.2) is 32.2 Å². The van der Waals surface area contributed by atoms with Crippen molar-refractivity contribution in [2.24, 2.45) is 5.92 Å². The third-order valence-corrected chi connectivity index (χ3v) is 2.25. The summed E-state index contributed by atoms with van der Waals surface area (Å²) in [5, 5.41) is 15.8. The van der Waals surface area contributed by atoms with Crippen molar-refractivity contribution in [3.63, 3.8) is 0 Å². The average Bonchev–Trinajstić information content (AvgIpc) is 2.56. The maximum atomic E-state index is 12.1. The predicted octanol–water partition coefficient (Wildman–Crippen LogP) is 2.13. The van der Waals surface area contributed by atoms with Crippen LogP contribution in [0.2, 0.25) is 0 Å². The molecule has 8 heteroatoms. The number of halogens is 3. The molecule has 0 aliphatic rings. The first kappa shape index (κ1) is 14.5. The molecule has 1 heterocycles. The lowest BCUT2D eigenvalue weighted by atomic mass is 10.1. The third-order valence-electron chi connectivity index (χ3n) is 2.25. The van der Waals surface area contributed by atoms with Crippen molar-refractivity contribution in [3.05, 3.63) is 11.4 Å². The molecule has 1 aromatic rings. The lowest BCUT2D eigenvalue weighted by Gasteiger charge is -2.10. The first-order valence-corrected chi connectivity index (χ1v) is 5.43. The highest BCUT2D eigenvalue weighted by Gasteiger charge is 2.28. The number of carbonyl (C=O) groups is 1. The Morgan fingerprint density at radius 2 is 2.06 bits per heavy atom. The van der Waals surface area contributed by atoms with E-state index in [1.807, 2.05) is 13.8 Å². The highest BCUT2D eigenvalue weighted by atomic mass is 19.4. The van der Waals surface area contributed by atoms with Gasteiger partial charge in [-0.25, -0.2) is 9.48 Å². The zero-order valence-electron chi connectivity index (χ0n) is 10.0. The van der Waals surface area contributed by atoms with Gasteiger partial charge in [0.15, 0.2) is 5.69 Å². The van der Waals surface area contributed by atoms with Crippen molar-refractivity contribution in [1.82, 2.24) is 15.0 Å². The number of aromatic carboxylic acids is 1. The van der Waals surface area contributed by atoms with E-state index in [0.29, 0.717) is 6.42 Å². The van der Waals surface area contributed by atoms with E-state index in [1.54, 1.807) is 0 Å². The number of aromatic nitrogens is 3. The van der Waals surface area contributed by atoms with Crippen molar-refractivity contribution < 1.29 is 23.1 Å². The Hall–Kier alpha value is -1.60. The molecule has 5 nitrogen and oxygen atoms in total. The molecule has 0 aromatic carbocycles. The lowest BCUT2D eigenvalue weighted by Crippen LogP contribution is -2.16. The van der Waals surface area contributed by atoms with Crippen molar-refractivity contribution in [2.75, 3.05) is 0 Å². The Kier molecular flexibility index (Phi) is 4.31. The smallest absolute Gasteiger partial charge is 0.390 e. The van der Waals surface area contributed by atoms with Crippen LogP contribution in [-0.2, 0) is 13.0 Å². The third kappa shape index (κ3) is 4.01. The number of hydrogen-bond acceptors (Lipinski definition) is 3. The number of rotatable bonds is 5. The fraction of sp³-hybridized carbons (Fsp3) is 0.700. The number of carboxylic acid groups (broad SMARTS) is 1. The molecule has 0 atom stereocenters. The summed E-state index contributed by atoms with van der Waals surface area (Å²) in [4.78, 5) is 10.9. The van der Waals surface area contributed by atoms with E-state index in [0.717, 1.165) is 4.68 Å². The summed E-state index contributed by atoms with van der Waals surface area (Å²) in [6, 6.07) is 0. The number of aryl methyl sites for hydroxylation is 1. The summed E-state index contributed by atoms with van der Waals surface area (Å²) in [6.07, 6.45) is -5.03. The monoisotopic (exact) mass is 265 g/mol. The van der Waals surface area contributed by atoms with Gasteiger partial charge in [0.05, 0.1) is 18.7 Å². The van der Waals surface area contributed by atoms with Crippen LogP contribution in [0.5, 0.6) is 0 Å². The second-order valence-corrected chi connectivity index (χ2v) is 4.38. The Morgan fingerprint density at radius 1 is 1.44 bits per heavy atom. The topological polar surface area (TPSA) is 68.0 Å². The molecule has 1 rings (SSSR count). The van der Waals surface area contributed by atoms with E-state index >= 15 is 0 Å². The Balaban J connectivity index is 2.93. The second-order valence-electron chi connectivity index (χ2n) is 4.38. The highest BCUT2D eigenvalue weighted by Crippen LogP contribution is 2.21. The number of alkyl halides is 3. The number of nitrogens with zero attached hydrogens (tertiary/aromatic N) is 3. The van der Waals surface area contributed by atoms with Gasteiger partial charge in [-0.1, -0.05) is 19.1 Å². The first-order valence-electron chi connectivity index (χ1n) is 5.43. The van der Waals surface area contributed by atoms with Crippen LogP contribution in [0, 0.1) is 5.92 Å². The van der Waals surface area contributed by atoms with Gasteiger partial charge in [0.1, 0.15) is 0 Å². The largest absolute Gasteiger partial charge is 0.476 e. The van der Waals surface area contributed by atoms with Crippen LogP contribution in [0.25, 0.3) is 0 Å². The van der Waals surface area contributed by atoms with E-state index in [-0.39, 0.29) is 17.3 Å². The van der Waals surface area contributed by atoms with Crippen LogP contribution in [0.4, 0.5) is 13.2 Å². The fourth-order valence-electron chi connectivity index (χ4n) is 1.50. The minimum Gasteiger partial charge on any atom is -0.476 e. The van der Waals surface area contributed by atoms with E-state index in [1.165, 1.54) is 0 Å². The maximum Gasteiger partial charge on any atom is 0.390 e. The summed E-state index contributed by atoms with van der Waals surface area (Å²) in [5.74, 6) is -1.17. The molecule has 0 saturated carbocycles. The molecule has 102 valence electrons. The molecule has 0 unspecified atom stereocenters. The highest BCUT2D eigenvalue weighted by molar-refractivity contribution is 5.86. The molecule has 0 radical (unpaired) electrons. The molecule has 0 saturated heterocycles. The molecule has 0 spiro atoms. The van der Waals surface area contributed by atoms with Gasteiger partial charge in [-0.05, 0) is 12.3 Å².